The molecule has 1 amide bonds. The van der Waals surface area contributed by atoms with Crippen LogP contribution in [0.2, 0.25) is 0 Å². The highest BCUT2D eigenvalue weighted by Gasteiger charge is 2.44. The van der Waals surface area contributed by atoms with Gasteiger partial charge in [0, 0.05) is 23.0 Å². The maximum atomic E-state index is 12.2. The van der Waals surface area contributed by atoms with Gasteiger partial charge in [-0.2, -0.15) is 0 Å². The van der Waals surface area contributed by atoms with Gasteiger partial charge in [-0.15, -0.1) is 0 Å². The Bertz CT molecular complexity index is 464. The summed E-state index contributed by atoms with van der Waals surface area (Å²) < 4.78 is 1.07. The molecule has 1 aromatic rings. The first-order valence-electron chi connectivity index (χ1n) is 7.41. The lowest BCUT2D eigenvalue weighted by molar-refractivity contribution is -0.123. The molecule has 0 bridgehead atoms. The smallest absolute Gasteiger partial charge is 0.224 e. The third kappa shape index (κ3) is 4.06. The average Bonchev–Trinajstić information content (AvgIpc) is 3.23. The van der Waals surface area contributed by atoms with E-state index in [-0.39, 0.29) is 17.9 Å². The third-order valence-electron chi connectivity index (χ3n) is 3.94. The van der Waals surface area contributed by atoms with Crippen LogP contribution in [0.3, 0.4) is 0 Å². The number of benzene rings is 1. The second kappa shape index (κ2) is 7.23. The molecule has 0 heterocycles. The molecule has 1 fully saturated rings. The Morgan fingerprint density at radius 1 is 1.55 bits per heavy atom. The fraction of sp³-hybridized carbons (Fsp3) is 0.562. The predicted molar refractivity (Wildman–Crippen MR) is 85.5 cm³/mol. The molecular formula is C16H23BrN2O. The minimum atomic E-state index is 0.125. The van der Waals surface area contributed by atoms with E-state index >= 15 is 0 Å². The summed E-state index contributed by atoms with van der Waals surface area (Å²) in [4.78, 5) is 12.2. The predicted octanol–water partition coefficient (Wildman–Crippen LogP) is 3.19. The summed E-state index contributed by atoms with van der Waals surface area (Å²) in [6, 6.07) is 8.37. The number of hydrogen-bond acceptors (Lipinski definition) is 2. The minimum Gasteiger partial charge on any atom is -0.352 e. The number of unbranched alkanes of at least 4 members (excludes halogenated alkanes) is 1. The van der Waals surface area contributed by atoms with Gasteiger partial charge in [0.1, 0.15) is 0 Å². The van der Waals surface area contributed by atoms with Crippen LogP contribution in [-0.2, 0) is 4.79 Å². The molecule has 1 saturated carbocycles. The molecule has 2 rings (SSSR count). The summed E-state index contributed by atoms with van der Waals surface area (Å²) >= 11 is 3.48. The SMILES string of the molecule is CCCCC(CN)NC(=O)C1CC1c1cccc(Br)c1. The lowest BCUT2D eigenvalue weighted by Crippen LogP contribution is -2.41. The topological polar surface area (TPSA) is 55.1 Å². The molecule has 1 aromatic carbocycles. The number of amides is 1. The number of carbonyl (C=O) groups excluding carboxylic acids is 1. The van der Waals surface area contributed by atoms with Crippen LogP contribution in [-0.4, -0.2) is 18.5 Å². The van der Waals surface area contributed by atoms with E-state index in [1.807, 2.05) is 12.1 Å². The van der Waals surface area contributed by atoms with E-state index in [4.69, 9.17) is 5.73 Å². The summed E-state index contributed by atoms with van der Waals surface area (Å²) in [6.07, 6.45) is 4.18. The standard InChI is InChI=1S/C16H23BrN2O/c1-2-3-7-13(10-18)19-16(20)15-9-14(15)11-5-4-6-12(17)8-11/h4-6,8,13-15H,2-3,7,9-10,18H2,1H3,(H,19,20). The zero-order valence-corrected chi connectivity index (χ0v) is 13.5. The van der Waals surface area contributed by atoms with Crippen LogP contribution in [0.25, 0.3) is 0 Å². The Morgan fingerprint density at radius 3 is 3.00 bits per heavy atom. The van der Waals surface area contributed by atoms with Crippen LogP contribution < -0.4 is 11.1 Å². The number of rotatable bonds is 7. The van der Waals surface area contributed by atoms with E-state index < -0.39 is 0 Å². The lowest BCUT2D eigenvalue weighted by atomic mass is 10.1. The molecule has 110 valence electrons. The zero-order chi connectivity index (χ0) is 14.5. The molecule has 3 unspecified atom stereocenters. The number of nitrogens with one attached hydrogen (secondary N) is 1. The third-order valence-corrected chi connectivity index (χ3v) is 4.43. The number of hydrogen-bond donors (Lipinski definition) is 2. The van der Waals surface area contributed by atoms with Crippen molar-refractivity contribution in [1.29, 1.82) is 0 Å². The second-order valence-corrected chi connectivity index (χ2v) is 6.50. The van der Waals surface area contributed by atoms with Crippen LogP contribution in [0.15, 0.2) is 28.7 Å². The van der Waals surface area contributed by atoms with Crippen molar-refractivity contribution in [2.45, 2.75) is 44.6 Å². The van der Waals surface area contributed by atoms with E-state index in [1.165, 1.54) is 5.56 Å². The van der Waals surface area contributed by atoms with Crippen molar-refractivity contribution < 1.29 is 4.79 Å². The quantitative estimate of drug-likeness (QED) is 0.802. The molecule has 0 aliphatic heterocycles. The molecule has 4 heteroatoms. The van der Waals surface area contributed by atoms with Crippen LogP contribution in [0.1, 0.15) is 44.1 Å². The van der Waals surface area contributed by atoms with Crippen molar-refractivity contribution in [3.8, 4) is 0 Å². The molecule has 20 heavy (non-hydrogen) atoms. The summed E-state index contributed by atoms with van der Waals surface area (Å²) in [7, 11) is 0. The van der Waals surface area contributed by atoms with Gasteiger partial charge < -0.3 is 11.1 Å². The highest BCUT2D eigenvalue weighted by atomic mass is 79.9. The Hall–Kier alpha value is -0.870. The molecule has 1 aliphatic carbocycles. The van der Waals surface area contributed by atoms with E-state index in [9.17, 15) is 4.79 Å². The summed E-state index contributed by atoms with van der Waals surface area (Å²) in [5.74, 6) is 0.665. The van der Waals surface area contributed by atoms with Crippen molar-refractivity contribution in [3.63, 3.8) is 0 Å². The van der Waals surface area contributed by atoms with E-state index in [0.29, 0.717) is 12.5 Å². The average molecular weight is 339 g/mol. The first-order chi connectivity index (χ1) is 9.65. The fourth-order valence-corrected chi connectivity index (χ4v) is 3.02. The van der Waals surface area contributed by atoms with E-state index in [2.05, 4.69) is 40.3 Å². The monoisotopic (exact) mass is 338 g/mol. The van der Waals surface area contributed by atoms with Crippen molar-refractivity contribution >= 4 is 21.8 Å². The van der Waals surface area contributed by atoms with Gasteiger partial charge in [-0.3, -0.25) is 4.79 Å². The van der Waals surface area contributed by atoms with Crippen LogP contribution >= 0.6 is 15.9 Å². The molecule has 0 saturated heterocycles. The van der Waals surface area contributed by atoms with E-state index in [0.717, 1.165) is 30.2 Å². The highest BCUT2D eigenvalue weighted by Crippen LogP contribution is 2.48. The zero-order valence-electron chi connectivity index (χ0n) is 11.9. The summed E-state index contributed by atoms with van der Waals surface area (Å²) in [5, 5.41) is 3.10. The van der Waals surface area contributed by atoms with Crippen molar-refractivity contribution in [3.05, 3.63) is 34.3 Å². The molecular weight excluding hydrogens is 316 g/mol. The van der Waals surface area contributed by atoms with Crippen molar-refractivity contribution in [1.82, 2.24) is 5.32 Å². The highest BCUT2D eigenvalue weighted by molar-refractivity contribution is 9.10. The minimum absolute atomic E-state index is 0.125. The Balaban J connectivity index is 1.86. The van der Waals surface area contributed by atoms with E-state index in [1.54, 1.807) is 0 Å². The number of halogens is 1. The lowest BCUT2D eigenvalue weighted by Gasteiger charge is -2.16. The van der Waals surface area contributed by atoms with Crippen LogP contribution in [0, 0.1) is 5.92 Å². The number of nitrogens with two attached hydrogens (primary N) is 1. The Morgan fingerprint density at radius 2 is 2.35 bits per heavy atom. The Kier molecular flexibility index (Phi) is 5.61. The van der Waals surface area contributed by atoms with Gasteiger partial charge in [0.15, 0.2) is 0 Å². The normalized spacial score (nSPS) is 22.4. The molecule has 3 N–H and O–H groups in total. The Labute approximate surface area is 129 Å². The van der Waals surface area contributed by atoms with Crippen LogP contribution in [0.5, 0.6) is 0 Å². The van der Waals surface area contributed by atoms with Gasteiger partial charge in [-0.05, 0) is 36.5 Å². The maximum Gasteiger partial charge on any atom is 0.224 e. The first kappa shape index (κ1) is 15.5. The van der Waals surface area contributed by atoms with Gasteiger partial charge in [-0.1, -0.05) is 47.8 Å². The molecule has 0 spiro atoms. The summed E-state index contributed by atoms with van der Waals surface area (Å²) in [6.45, 7) is 2.68. The molecule has 1 aliphatic rings. The molecule has 3 atom stereocenters. The van der Waals surface area contributed by atoms with Gasteiger partial charge in [0.2, 0.25) is 5.91 Å². The maximum absolute atomic E-state index is 12.2. The first-order valence-corrected chi connectivity index (χ1v) is 8.21. The van der Waals surface area contributed by atoms with Crippen LogP contribution in [0.4, 0.5) is 0 Å². The van der Waals surface area contributed by atoms with Crippen molar-refractivity contribution in [2.75, 3.05) is 6.54 Å². The summed E-state index contributed by atoms with van der Waals surface area (Å²) in [5.41, 5.74) is 6.97. The van der Waals surface area contributed by atoms with Gasteiger partial charge in [-0.25, -0.2) is 0 Å². The largest absolute Gasteiger partial charge is 0.352 e. The fourth-order valence-electron chi connectivity index (χ4n) is 2.60. The van der Waals surface area contributed by atoms with Gasteiger partial charge in [0.25, 0.3) is 0 Å². The molecule has 3 nitrogen and oxygen atoms in total. The molecule has 0 aromatic heterocycles. The van der Waals surface area contributed by atoms with Crippen molar-refractivity contribution in [2.24, 2.45) is 11.7 Å². The number of carbonyl (C=O) groups is 1. The van der Waals surface area contributed by atoms with Gasteiger partial charge in [0.05, 0.1) is 0 Å². The second-order valence-electron chi connectivity index (χ2n) is 5.59. The molecule has 0 radical (unpaired) electrons. The van der Waals surface area contributed by atoms with Gasteiger partial charge >= 0.3 is 0 Å².